The molecule has 0 aliphatic rings. The number of hydrogen-bond donors (Lipinski definition) is 0. The molecule has 0 N–H and O–H groups in total. The van der Waals surface area contributed by atoms with Crippen molar-refractivity contribution in [2.75, 3.05) is 0 Å². The lowest BCUT2D eigenvalue weighted by molar-refractivity contribution is -0.421. The molecule has 0 aromatic heterocycles. The molecule has 6 heteroatoms. The van der Waals surface area contributed by atoms with E-state index in [-0.39, 0.29) is 5.39 Å². The van der Waals surface area contributed by atoms with Gasteiger partial charge in [0.05, 0.1) is 15.2 Å². The highest BCUT2D eigenvalue weighted by molar-refractivity contribution is 6.04. The van der Waals surface area contributed by atoms with Gasteiger partial charge < -0.3 is 0 Å². The van der Waals surface area contributed by atoms with Crippen LogP contribution in [0, 0.1) is 20.2 Å². The molecule has 0 spiro atoms. The third-order valence-electron chi connectivity index (χ3n) is 3.22. The molecule has 0 aliphatic carbocycles. The van der Waals surface area contributed by atoms with E-state index in [2.05, 4.69) is 0 Å². The van der Waals surface area contributed by atoms with Crippen molar-refractivity contribution in [3.63, 3.8) is 0 Å². The number of nitro benzene ring substituents is 2. The molecule has 3 aromatic rings. The fourth-order valence-electron chi connectivity index (χ4n) is 2.33. The SMILES string of the molecule is O=[N+]([O-])c1ccc2cc3ccccc3cc2c1[N+](=O)[O-]. The molecule has 3 rings (SSSR count). The highest BCUT2D eigenvalue weighted by atomic mass is 16.6. The Bertz CT molecular complexity index is 874. The molecule has 0 saturated carbocycles. The lowest BCUT2D eigenvalue weighted by Crippen LogP contribution is -1.97. The molecule has 6 nitrogen and oxygen atoms in total. The second kappa shape index (κ2) is 4.27. The molecule has 3 aromatic carbocycles. The van der Waals surface area contributed by atoms with Crippen LogP contribution in [-0.4, -0.2) is 9.85 Å². The maximum absolute atomic E-state index is 11.2. The molecule has 0 radical (unpaired) electrons. The van der Waals surface area contributed by atoms with Gasteiger partial charge in [0.15, 0.2) is 0 Å². The third-order valence-corrected chi connectivity index (χ3v) is 3.22. The van der Waals surface area contributed by atoms with Gasteiger partial charge in [0.2, 0.25) is 0 Å². The number of rotatable bonds is 2. The lowest BCUT2D eigenvalue weighted by atomic mass is 10.0. The highest BCUT2D eigenvalue weighted by Gasteiger charge is 2.27. The van der Waals surface area contributed by atoms with Gasteiger partial charge in [-0.1, -0.05) is 24.3 Å². The van der Waals surface area contributed by atoms with Crippen molar-refractivity contribution in [1.82, 2.24) is 0 Å². The Hall–Kier alpha value is -3.02. The Morgan fingerprint density at radius 1 is 0.750 bits per heavy atom. The van der Waals surface area contributed by atoms with E-state index >= 15 is 0 Å². The van der Waals surface area contributed by atoms with Crippen LogP contribution in [0.4, 0.5) is 11.4 Å². The minimum atomic E-state index is -0.729. The predicted molar refractivity (Wildman–Crippen MR) is 74.8 cm³/mol. The monoisotopic (exact) mass is 268 g/mol. The van der Waals surface area contributed by atoms with Crippen LogP contribution in [-0.2, 0) is 0 Å². The number of fused-ring (bicyclic) bond motifs is 2. The largest absolute Gasteiger partial charge is 0.353 e. The molecule has 0 unspecified atom stereocenters. The smallest absolute Gasteiger partial charge is 0.258 e. The first kappa shape index (κ1) is 12.0. The van der Waals surface area contributed by atoms with E-state index < -0.39 is 21.2 Å². The van der Waals surface area contributed by atoms with E-state index in [1.54, 1.807) is 12.1 Å². The summed E-state index contributed by atoms with van der Waals surface area (Å²) in [6.07, 6.45) is 0. The van der Waals surface area contributed by atoms with Gasteiger partial charge in [-0.15, -0.1) is 0 Å². The molecular weight excluding hydrogens is 260 g/mol. The number of nitrogens with zero attached hydrogens (tertiary/aromatic N) is 2. The topological polar surface area (TPSA) is 86.3 Å². The van der Waals surface area contributed by atoms with Gasteiger partial charge in [-0.25, -0.2) is 0 Å². The van der Waals surface area contributed by atoms with Gasteiger partial charge in [-0.2, -0.15) is 0 Å². The second-order valence-electron chi connectivity index (χ2n) is 4.37. The molecule has 0 fully saturated rings. The van der Waals surface area contributed by atoms with Crippen LogP contribution in [0.15, 0.2) is 48.5 Å². The van der Waals surface area contributed by atoms with E-state index in [0.717, 1.165) is 10.8 Å². The lowest BCUT2D eigenvalue weighted by Gasteiger charge is -2.03. The number of nitro groups is 2. The second-order valence-corrected chi connectivity index (χ2v) is 4.37. The van der Waals surface area contributed by atoms with Crippen molar-refractivity contribution in [1.29, 1.82) is 0 Å². The minimum absolute atomic E-state index is 0.280. The quantitative estimate of drug-likeness (QED) is 0.401. The average molecular weight is 268 g/mol. The summed E-state index contributed by atoms with van der Waals surface area (Å²) in [4.78, 5) is 20.7. The van der Waals surface area contributed by atoms with Crippen molar-refractivity contribution >= 4 is 32.9 Å². The van der Waals surface area contributed by atoms with Crippen molar-refractivity contribution < 1.29 is 9.85 Å². The van der Waals surface area contributed by atoms with Crippen LogP contribution < -0.4 is 0 Å². The fourth-order valence-corrected chi connectivity index (χ4v) is 2.33. The highest BCUT2D eigenvalue weighted by Crippen LogP contribution is 2.36. The minimum Gasteiger partial charge on any atom is -0.258 e. The van der Waals surface area contributed by atoms with Crippen molar-refractivity contribution in [2.24, 2.45) is 0 Å². The Kier molecular flexibility index (Phi) is 2.57. The first-order chi connectivity index (χ1) is 9.58. The zero-order valence-electron chi connectivity index (χ0n) is 10.1. The zero-order chi connectivity index (χ0) is 14.3. The molecule has 0 atom stereocenters. The maximum Gasteiger partial charge on any atom is 0.353 e. The predicted octanol–water partition coefficient (Wildman–Crippen LogP) is 3.81. The van der Waals surface area contributed by atoms with E-state index in [1.165, 1.54) is 12.1 Å². The molecule has 0 heterocycles. The zero-order valence-corrected chi connectivity index (χ0v) is 10.1. The summed E-state index contributed by atoms with van der Waals surface area (Å²) in [5, 5.41) is 24.7. The molecule has 0 bridgehead atoms. The van der Waals surface area contributed by atoms with Crippen LogP contribution >= 0.6 is 0 Å². The van der Waals surface area contributed by atoms with Gasteiger partial charge >= 0.3 is 11.4 Å². The van der Waals surface area contributed by atoms with E-state index in [4.69, 9.17) is 0 Å². The van der Waals surface area contributed by atoms with Crippen LogP contribution in [0.5, 0.6) is 0 Å². The van der Waals surface area contributed by atoms with E-state index in [9.17, 15) is 20.2 Å². The normalized spacial score (nSPS) is 10.8. The molecule has 98 valence electrons. The van der Waals surface area contributed by atoms with Crippen molar-refractivity contribution in [3.8, 4) is 0 Å². The van der Waals surface area contributed by atoms with Gasteiger partial charge in [0.1, 0.15) is 0 Å². The molecule has 0 saturated heterocycles. The summed E-state index contributed by atoms with van der Waals surface area (Å²) in [5.74, 6) is 0. The van der Waals surface area contributed by atoms with E-state index in [0.29, 0.717) is 5.39 Å². The average Bonchev–Trinajstić information content (AvgIpc) is 2.43. The van der Waals surface area contributed by atoms with Gasteiger partial charge in [-0.3, -0.25) is 20.2 Å². The first-order valence-corrected chi connectivity index (χ1v) is 5.82. The Labute approximate surface area is 112 Å². The standard InChI is InChI=1S/C14H8N2O4/c17-15(18)13-6-5-11-7-9-3-1-2-4-10(9)8-12(11)14(13)16(19)20/h1-8H. The van der Waals surface area contributed by atoms with Gasteiger partial charge in [0, 0.05) is 6.07 Å². The summed E-state index contributed by atoms with van der Waals surface area (Å²) in [6.45, 7) is 0. The number of hydrogen-bond acceptors (Lipinski definition) is 4. The Balaban J connectivity index is 2.49. The molecule has 0 aliphatic heterocycles. The van der Waals surface area contributed by atoms with Crippen LogP contribution in [0.25, 0.3) is 21.5 Å². The van der Waals surface area contributed by atoms with Crippen molar-refractivity contribution in [2.45, 2.75) is 0 Å². The fraction of sp³-hybridized carbons (Fsp3) is 0. The molecular formula is C14H8N2O4. The van der Waals surface area contributed by atoms with E-state index in [1.807, 2.05) is 24.3 Å². The Morgan fingerprint density at radius 2 is 1.40 bits per heavy atom. The van der Waals surface area contributed by atoms with Gasteiger partial charge in [-0.05, 0) is 34.4 Å². The summed E-state index contributed by atoms with van der Waals surface area (Å²) < 4.78 is 0. The van der Waals surface area contributed by atoms with Crippen LogP contribution in [0.1, 0.15) is 0 Å². The third kappa shape index (κ3) is 1.74. The molecule has 20 heavy (non-hydrogen) atoms. The summed E-state index contributed by atoms with van der Waals surface area (Å²) in [6, 6.07) is 13.5. The summed E-state index contributed by atoms with van der Waals surface area (Å²) in [7, 11) is 0. The maximum atomic E-state index is 11.2. The van der Waals surface area contributed by atoms with Crippen LogP contribution in [0.2, 0.25) is 0 Å². The molecule has 0 amide bonds. The summed E-state index contributed by atoms with van der Waals surface area (Å²) in [5.41, 5.74) is -0.948. The number of benzene rings is 3. The van der Waals surface area contributed by atoms with Crippen LogP contribution in [0.3, 0.4) is 0 Å². The summed E-state index contributed by atoms with van der Waals surface area (Å²) >= 11 is 0. The van der Waals surface area contributed by atoms with Crippen molar-refractivity contribution in [3.05, 3.63) is 68.8 Å². The first-order valence-electron chi connectivity index (χ1n) is 5.82. The van der Waals surface area contributed by atoms with Gasteiger partial charge in [0.25, 0.3) is 0 Å². The Morgan fingerprint density at radius 3 is 2.00 bits per heavy atom.